The molecule has 1 N–H and O–H groups in total. The molecule has 0 fully saturated rings. The van der Waals surface area contributed by atoms with Crippen LogP contribution in [0, 0.1) is 3.57 Å². The molecule has 11 heteroatoms. The van der Waals surface area contributed by atoms with Crippen LogP contribution in [0.25, 0.3) is 6.08 Å². The van der Waals surface area contributed by atoms with Gasteiger partial charge in [0.2, 0.25) is 0 Å². The first-order chi connectivity index (χ1) is 22.2. The zero-order chi connectivity index (χ0) is 32.4. The Balaban J connectivity index is 1.48. The van der Waals surface area contributed by atoms with E-state index in [9.17, 15) is 9.59 Å². The Bertz CT molecular complexity index is 2180. The van der Waals surface area contributed by atoms with E-state index in [4.69, 9.17) is 26.1 Å². The third-order valence-electron chi connectivity index (χ3n) is 7.36. The minimum Gasteiger partial charge on any atom is -0.497 e. The molecular weight excluding hydrogens is 801 g/mol. The summed E-state index contributed by atoms with van der Waals surface area (Å²) in [7, 11) is 1.58. The number of ether oxygens (including phenoxy) is 2. The van der Waals surface area contributed by atoms with Gasteiger partial charge in [-0.15, -0.1) is 0 Å². The second kappa shape index (κ2) is 14.0. The van der Waals surface area contributed by atoms with Crippen molar-refractivity contribution in [3.8, 4) is 11.5 Å². The molecule has 46 heavy (non-hydrogen) atoms. The molecule has 4 aromatic carbocycles. The summed E-state index contributed by atoms with van der Waals surface area (Å²) in [5.74, 6) is 0.894. The van der Waals surface area contributed by atoms with Gasteiger partial charge in [-0.3, -0.25) is 14.2 Å². The van der Waals surface area contributed by atoms with Gasteiger partial charge >= 0.3 is 0 Å². The smallest absolute Gasteiger partial charge is 0.271 e. The van der Waals surface area contributed by atoms with Gasteiger partial charge in [0.15, 0.2) is 4.80 Å². The number of para-hydroxylation sites is 1. The third-order valence-corrected chi connectivity index (χ3v) is 9.97. The second-order valence-corrected chi connectivity index (χ2v) is 13.9. The molecule has 0 unspecified atom stereocenters. The molecule has 5 aromatic rings. The molecule has 0 spiro atoms. The summed E-state index contributed by atoms with van der Waals surface area (Å²) in [5.41, 5.74) is 3.55. The first-order valence-corrected chi connectivity index (χ1v) is 17.2. The van der Waals surface area contributed by atoms with Crippen molar-refractivity contribution in [1.29, 1.82) is 0 Å². The zero-order valence-electron chi connectivity index (χ0n) is 24.6. The molecule has 0 saturated carbocycles. The molecule has 7 nitrogen and oxygen atoms in total. The Hall–Kier alpha value is -3.71. The minimum atomic E-state index is -0.740. The molecule has 0 radical (unpaired) electrons. The lowest BCUT2D eigenvalue weighted by molar-refractivity contribution is -0.113. The maximum absolute atomic E-state index is 14.3. The summed E-state index contributed by atoms with van der Waals surface area (Å²) in [5, 5.41) is 3.59. The molecule has 2 heterocycles. The van der Waals surface area contributed by atoms with Crippen LogP contribution in [0.1, 0.15) is 29.7 Å². The molecule has 1 aliphatic rings. The number of carbonyl (C=O) groups is 1. The van der Waals surface area contributed by atoms with E-state index in [1.807, 2.05) is 97.1 Å². The number of nitrogens with one attached hydrogen (secondary N) is 1. The first kappa shape index (κ1) is 32.2. The van der Waals surface area contributed by atoms with E-state index in [0.717, 1.165) is 19.2 Å². The Labute approximate surface area is 296 Å². The van der Waals surface area contributed by atoms with Crippen LogP contribution >= 0.6 is 61.5 Å². The SMILES string of the molecule is COc1cccc([C@@H]2C(C(=O)Nc3ccccc3)=C(C)N=c3s/c(=C\c4cc(Br)cc(I)c4OCc4ccccc4Cl)c(=O)n32)c1. The fraction of sp³-hybridized carbons (Fsp3) is 0.114. The van der Waals surface area contributed by atoms with Crippen molar-refractivity contribution in [3.05, 3.63) is 152 Å². The number of rotatable bonds is 8. The van der Waals surface area contributed by atoms with Gasteiger partial charge in [-0.2, -0.15) is 0 Å². The summed E-state index contributed by atoms with van der Waals surface area (Å²) in [4.78, 5) is 33.4. The predicted molar refractivity (Wildman–Crippen MR) is 194 cm³/mol. The van der Waals surface area contributed by atoms with Crippen LogP contribution in [-0.4, -0.2) is 17.6 Å². The van der Waals surface area contributed by atoms with Crippen LogP contribution in [-0.2, 0) is 11.4 Å². The number of halogens is 3. The van der Waals surface area contributed by atoms with Gasteiger partial charge in [-0.05, 0) is 83.6 Å². The number of nitrogens with zero attached hydrogens (tertiary/aromatic N) is 2. The van der Waals surface area contributed by atoms with Crippen molar-refractivity contribution in [2.24, 2.45) is 4.99 Å². The molecular formula is C35H26BrClIN3O4S. The largest absolute Gasteiger partial charge is 0.497 e. The topological polar surface area (TPSA) is 81.9 Å². The lowest BCUT2D eigenvalue weighted by Crippen LogP contribution is -2.40. The number of thiazole rings is 1. The van der Waals surface area contributed by atoms with Gasteiger partial charge in [0.25, 0.3) is 11.5 Å². The lowest BCUT2D eigenvalue weighted by Gasteiger charge is -2.25. The zero-order valence-corrected chi connectivity index (χ0v) is 29.9. The van der Waals surface area contributed by atoms with Crippen molar-refractivity contribution in [2.45, 2.75) is 19.6 Å². The molecule has 0 aliphatic carbocycles. The molecule has 0 saturated heterocycles. The third kappa shape index (κ3) is 6.71. The van der Waals surface area contributed by atoms with Crippen molar-refractivity contribution in [3.63, 3.8) is 0 Å². The second-order valence-electron chi connectivity index (χ2n) is 10.4. The predicted octanol–water partition coefficient (Wildman–Crippen LogP) is 7.48. The van der Waals surface area contributed by atoms with Crippen molar-refractivity contribution < 1.29 is 14.3 Å². The minimum absolute atomic E-state index is 0.258. The van der Waals surface area contributed by atoms with Crippen LogP contribution in [0.3, 0.4) is 0 Å². The van der Waals surface area contributed by atoms with Crippen LogP contribution < -0.4 is 29.7 Å². The average Bonchev–Trinajstić information content (AvgIpc) is 3.34. The first-order valence-electron chi connectivity index (χ1n) is 14.1. The molecule has 1 aliphatic heterocycles. The summed E-state index contributed by atoms with van der Waals surface area (Å²) in [6, 6.07) is 27.2. The van der Waals surface area contributed by atoms with Gasteiger partial charge in [0.1, 0.15) is 18.1 Å². The number of hydrogen-bond donors (Lipinski definition) is 1. The Morgan fingerprint density at radius 1 is 1.09 bits per heavy atom. The highest BCUT2D eigenvalue weighted by Crippen LogP contribution is 2.34. The molecule has 0 bridgehead atoms. The Kier molecular flexibility index (Phi) is 9.78. The van der Waals surface area contributed by atoms with Gasteiger partial charge in [0, 0.05) is 26.3 Å². The number of aromatic nitrogens is 1. The van der Waals surface area contributed by atoms with E-state index in [1.54, 1.807) is 18.6 Å². The highest BCUT2D eigenvalue weighted by atomic mass is 127. The summed E-state index contributed by atoms with van der Waals surface area (Å²) >= 11 is 13.5. The number of amides is 1. The summed E-state index contributed by atoms with van der Waals surface area (Å²) in [6.45, 7) is 2.05. The Morgan fingerprint density at radius 3 is 2.61 bits per heavy atom. The van der Waals surface area contributed by atoms with Crippen LogP contribution in [0.2, 0.25) is 5.02 Å². The number of hydrogen-bond acceptors (Lipinski definition) is 6. The van der Waals surface area contributed by atoms with E-state index in [1.165, 1.54) is 11.3 Å². The monoisotopic (exact) mass is 825 g/mol. The fourth-order valence-corrected chi connectivity index (χ4v) is 8.14. The maximum Gasteiger partial charge on any atom is 0.271 e. The van der Waals surface area contributed by atoms with Gasteiger partial charge in [-0.1, -0.05) is 87.4 Å². The highest BCUT2D eigenvalue weighted by Gasteiger charge is 2.33. The van der Waals surface area contributed by atoms with E-state index >= 15 is 0 Å². The van der Waals surface area contributed by atoms with Crippen LogP contribution in [0.4, 0.5) is 5.69 Å². The average molecular weight is 827 g/mol. The number of anilines is 1. The van der Waals surface area contributed by atoms with Gasteiger partial charge < -0.3 is 14.8 Å². The number of methoxy groups -OCH3 is 1. The van der Waals surface area contributed by atoms with Gasteiger partial charge in [0.05, 0.1) is 32.5 Å². The normalized spacial score (nSPS) is 14.5. The lowest BCUT2D eigenvalue weighted by atomic mass is 9.95. The Morgan fingerprint density at radius 2 is 1.85 bits per heavy atom. The molecule has 1 aromatic heterocycles. The number of carbonyl (C=O) groups excluding carboxylic acids is 1. The maximum atomic E-state index is 14.3. The number of fused-ring (bicyclic) bond motifs is 1. The highest BCUT2D eigenvalue weighted by molar-refractivity contribution is 14.1. The van der Waals surface area contributed by atoms with E-state index < -0.39 is 6.04 Å². The summed E-state index contributed by atoms with van der Waals surface area (Å²) in [6.07, 6.45) is 1.81. The number of allylic oxidation sites excluding steroid dienone is 1. The molecule has 232 valence electrons. The van der Waals surface area contributed by atoms with E-state index in [2.05, 4.69) is 43.8 Å². The van der Waals surface area contributed by atoms with Crippen molar-refractivity contribution >= 4 is 79.1 Å². The van der Waals surface area contributed by atoms with E-state index in [-0.39, 0.29) is 18.1 Å². The molecule has 6 rings (SSSR count). The quantitative estimate of drug-likeness (QED) is 0.165. The van der Waals surface area contributed by atoms with Gasteiger partial charge in [-0.25, -0.2) is 4.99 Å². The number of benzene rings is 4. The van der Waals surface area contributed by atoms with E-state index in [0.29, 0.717) is 48.4 Å². The van der Waals surface area contributed by atoms with Crippen LogP contribution in [0.15, 0.2) is 117 Å². The van der Waals surface area contributed by atoms with Crippen molar-refractivity contribution in [1.82, 2.24) is 4.57 Å². The molecule has 1 amide bonds. The van der Waals surface area contributed by atoms with Crippen molar-refractivity contribution in [2.75, 3.05) is 12.4 Å². The van der Waals surface area contributed by atoms with Crippen LogP contribution in [0.5, 0.6) is 11.5 Å². The standard InChI is InChI=1S/C35H26BrClIN3O4S/c1-20-30(33(42)40-25-11-4-3-5-12-25)31(21-10-8-13-26(16-21)44-2)41-34(43)29(46-35(41)39-20)17-23-15-24(36)18-28(38)32(23)45-19-22-9-6-7-14-27(22)37/h3-18,31H,19H2,1-2H3,(H,40,42)/b29-17-/t31-/m1/s1. The summed E-state index contributed by atoms with van der Waals surface area (Å²) < 4.78 is 15.5. The fourth-order valence-electron chi connectivity index (χ4n) is 5.21. The molecule has 1 atom stereocenters.